The van der Waals surface area contributed by atoms with Gasteiger partial charge in [-0.3, -0.25) is 18.8 Å². The Hall–Kier alpha value is -5.44. The van der Waals surface area contributed by atoms with Gasteiger partial charge in [0, 0.05) is 67.3 Å². The highest BCUT2D eigenvalue weighted by Crippen LogP contribution is 2.54. The Kier molecular flexibility index (Phi) is 11.2. The zero-order valence-corrected chi connectivity index (χ0v) is 33.8. The smallest absolute Gasteiger partial charge is 0.312 e. The lowest BCUT2D eigenvalue weighted by Gasteiger charge is -2.38. The molecule has 0 spiro atoms. The first kappa shape index (κ1) is 41.2. The number of aliphatic hydroxyl groups excluding tert-OH is 2. The first-order chi connectivity index (χ1) is 26.8. The second-order valence-electron chi connectivity index (χ2n) is 15.6. The zero-order valence-electron chi connectivity index (χ0n) is 33.8. The number of imidazole rings is 1. The molecule has 2 aromatic carbocycles. The minimum Gasteiger partial charge on any atom is -0.507 e. The van der Waals surface area contributed by atoms with Crippen molar-refractivity contribution in [3.8, 4) is 17.2 Å². The van der Waals surface area contributed by atoms with Crippen molar-refractivity contribution in [1.82, 2.24) is 9.38 Å². The van der Waals surface area contributed by atoms with E-state index in [1.165, 1.54) is 40.2 Å². The number of aromatic nitrogens is 2. The molecule has 57 heavy (non-hydrogen) atoms. The molecular formula is C43H51N3O11. The summed E-state index contributed by atoms with van der Waals surface area (Å²) in [5.74, 6) is -6.96. The van der Waals surface area contributed by atoms with Crippen molar-refractivity contribution in [1.29, 1.82) is 0 Å². The molecule has 5 N–H and O–H groups in total. The van der Waals surface area contributed by atoms with Crippen molar-refractivity contribution in [2.24, 2.45) is 23.7 Å². The number of rotatable bonds is 2. The van der Waals surface area contributed by atoms with Gasteiger partial charge in [-0.15, -0.1) is 0 Å². The van der Waals surface area contributed by atoms with Gasteiger partial charge in [0.1, 0.15) is 40.0 Å². The number of pyridine rings is 1. The second kappa shape index (κ2) is 15.5. The van der Waals surface area contributed by atoms with E-state index in [9.17, 15) is 34.8 Å². The van der Waals surface area contributed by atoms with Crippen LogP contribution in [0.2, 0.25) is 0 Å². The molecule has 0 saturated carbocycles. The number of anilines is 1. The number of hydrogen-bond donors (Lipinski definition) is 5. The Morgan fingerprint density at radius 3 is 2.35 bits per heavy atom. The Balaban J connectivity index is 1.58. The molecule has 0 aliphatic carbocycles. The molecule has 0 unspecified atom stereocenters. The molecule has 14 nitrogen and oxygen atoms in total. The van der Waals surface area contributed by atoms with Gasteiger partial charge < -0.3 is 44.7 Å². The molecule has 304 valence electrons. The van der Waals surface area contributed by atoms with Crippen LogP contribution in [0.4, 0.5) is 5.69 Å². The number of allylic oxidation sites excluding steroid dienone is 2. The fourth-order valence-electron chi connectivity index (χ4n) is 8.03. The number of Topliss-reactive ketones (excluding diaryl/α,β-unsaturated/α-hetero) is 1. The van der Waals surface area contributed by atoms with E-state index < -0.39 is 77.3 Å². The number of phenolic OH excluding ortho intramolecular Hbond substituents is 2. The van der Waals surface area contributed by atoms with Crippen LogP contribution in [0.25, 0.3) is 27.5 Å². The topological polar surface area (TPSA) is 198 Å². The number of aryl methyl sites for hydroxylation is 1. The highest BCUT2D eigenvalue weighted by Gasteiger charge is 2.50. The van der Waals surface area contributed by atoms with E-state index in [2.05, 4.69) is 5.32 Å². The van der Waals surface area contributed by atoms with Gasteiger partial charge in [-0.2, -0.15) is 0 Å². The third-order valence-corrected chi connectivity index (χ3v) is 11.5. The molecule has 1 amide bonds. The summed E-state index contributed by atoms with van der Waals surface area (Å²) in [6, 6.07) is 3.64. The maximum absolute atomic E-state index is 14.6. The number of aliphatic hydroxyl groups is 2. The van der Waals surface area contributed by atoms with E-state index in [-0.39, 0.29) is 55.7 Å². The van der Waals surface area contributed by atoms with E-state index in [1.807, 2.05) is 19.1 Å². The first-order valence-corrected chi connectivity index (χ1v) is 19.0. The molecule has 4 aromatic rings. The second-order valence-corrected chi connectivity index (χ2v) is 15.6. The van der Waals surface area contributed by atoms with Crippen LogP contribution < -0.4 is 10.1 Å². The van der Waals surface area contributed by atoms with Crippen LogP contribution in [0.15, 0.2) is 54.5 Å². The van der Waals surface area contributed by atoms with Gasteiger partial charge in [-0.25, -0.2) is 4.98 Å². The van der Waals surface area contributed by atoms with Crippen molar-refractivity contribution >= 4 is 50.8 Å². The zero-order chi connectivity index (χ0) is 41.8. The number of esters is 1. The summed E-state index contributed by atoms with van der Waals surface area (Å²) < 4.78 is 25.5. The molecule has 0 saturated heterocycles. The van der Waals surface area contributed by atoms with Gasteiger partial charge in [-0.05, 0) is 44.5 Å². The molecule has 14 heteroatoms. The number of methoxy groups -OCH3 is 1. The fraction of sp³-hybridized carbons (Fsp3) is 0.442. The monoisotopic (exact) mass is 785 g/mol. The summed E-state index contributed by atoms with van der Waals surface area (Å²) in [6.07, 6.45) is 5.62. The van der Waals surface area contributed by atoms with Crippen molar-refractivity contribution in [2.45, 2.75) is 92.5 Å². The number of benzene rings is 2. The molecule has 0 radical (unpaired) electrons. The number of hydrogen-bond acceptors (Lipinski definition) is 12. The standard InChI is InChI=1S/C43H51N3O11/c1-19-14-16-46-28(18-19)44-32-29-30-37(50)25(7)40-31(29)41(52)43(9,57-40)55-17-15-27(54-10)22(4)39(56-26(8)47)24(6)36(49)23(5)35(48)20(2)12-11-13-21(3)42(53)45-33(34(32)46)38(30)51/h11-18,20,22-24,27,35-36,39,48-51H,1-10H3,(H,45,53)/b12-11+,17-15-,21-13+/t20-,22-,23+,24+,27+,35-,36+,39+,43-/m1/s1. The number of ether oxygens (including phenoxy) is 4. The Bertz CT molecular complexity index is 2380. The molecule has 4 heterocycles. The highest BCUT2D eigenvalue weighted by molar-refractivity contribution is 6.28. The summed E-state index contributed by atoms with van der Waals surface area (Å²) in [4.78, 5) is 45.6. The molecule has 2 aliphatic heterocycles. The van der Waals surface area contributed by atoms with Gasteiger partial charge >= 0.3 is 11.8 Å². The predicted octanol–water partition coefficient (Wildman–Crippen LogP) is 6.16. The van der Waals surface area contributed by atoms with Crippen LogP contribution in [-0.2, 0) is 23.8 Å². The molecule has 4 bridgehead atoms. The van der Waals surface area contributed by atoms with Crippen LogP contribution in [0.5, 0.6) is 17.2 Å². The quantitative estimate of drug-likeness (QED) is 0.115. The van der Waals surface area contributed by atoms with Crippen LogP contribution in [0.1, 0.15) is 70.0 Å². The van der Waals surface area contributed by atoms with Gasteiger partial charge in [0.15, 0.2) is 5.75 Å². The maximum atomic E-state index is 14.6. The number of carbonyl (C=O) groups is 3. The average molecular weight is 786 g/mol. The number of ketones is 1. The fourth-order valence-corrected chi connectivity index (χ4v) is 8.03. The van der Waals surface area contributed by atoms with Crippen molar-refractivity contribution in [3.05, 3.63) is 71.2 Å². The third-order valence-electron chi connectivity index (χ3n) is 11.5. The van der Waals surface area contributed by atoms with E-state index in [0.717, 1.165) is 5.56 Å². The minimum atomic E-state index is -1.96. The summed E-state index contributed by atoms with van der Waals surface area (Å²) in [6.45, 7) is 14.7. The summed E-state index contributed by atoms with van der Waals surface area (Å²) in [5.41, 5.74) is 2.18. The lowest BCUT2D eigenvalue weighted by molar-refractivity contribution is -0.160. The Labute approximate surface area is 330 Å². The highest BCUT2D eigenvalue weighted by atomic mass is 16.7. The van der Waals surface area contributed by atoms with Crippen molar-refractivity contribution < 1.29 is 53.8 Å². The molecule has 2 aromatic heterocycles. The predicted molar refractivity (Wildman–Crippen MR) is 213 cm³/mol. The number of phenols is 2. The van der Waals surface area contributed by atoms with Crippen molar-refractivity contribution in [2.75, 3.05) is 12.4 Å². The molecule has 6 rings (SSSR count). The van der Waals surface area contributed by atoms with E-state index >= 15 is 0 Å². The number of carbonyl (C=O) groups excluding carboxylic acids is 3. The number of nitrogens with one attached hydrogen (secondary N) is 1. The maximum Gasteiger partial charge on any atom is 0.312 e. The Morgan fingerprint density at radius 1 is 0.982 bits per heavy atom. The Morgan fingerprint density at radius 2 is 1.68 bits per heavy atom. The number of amides is 1. The third kappa shape index (κ3) is 7.10. The number of nitrogens with zero attached hydrogens (tertiary/aromatic N) is 2. The van der Waals surface area contributed by atoms with Crippen LogP contribution in [0.3, 0.4) is 0 Å². The van der Waals surface area contributed by atoms with E-state index in [1.54, 1.807) is 63.4 Å². The summed E-state index contributed by atoms with van der Waals surface area (Å²) >= 11 is 0. The SMILES string of the molecule is CO[C@H]1/C=C\O[C@]2(C)Oc3c(C)c(O)c4c(O)c(c5c(nc6cc(C)ccn65)c4c3C2=O)NC(=O)/C(C)=C/C=C/[C@@H](C)[C@@H](O)[C@H](C)[C@H](O)[C@H](C)[C@@H](OC(C)=O)[C@@H]1C. The van der Waals surface area contributed by atoms with Crippen LogP contribution in [-0.4, -0.2) is 84.8 Å². The van der Waals surface area contributed by atoms with E-state index in [0.29, 0.717) is 5.65 Å². The summed E-state index contributed by atoms with van der Waals surface area (Å²) in [5, 5.41) is 49.4. The minimum absolute atomic E-state index is 0.0185. The lowest BCUT2D eigenvalue weighted by atomic mass is 9.78. The summed E-state index contributed by atoms with van der Waals surface area (Å²) in [7, 11) is 1.46. The van der Waals surface area contributed by atoms with Crippen LogP contribution in [0, 0.1) is 37.5 Å². The molecule has 9 atom stereocenters. The van der Waals surface area contributed by atoms with E-state index in [4.69, 9.17) is 23.9 Å². The number of fused-ring (bicyclic) bond motifs is 2. The van der Waals surface area contributed by atoms with Gasteiger partial charge in [0.05, 0.1) is 35.5 Å². The molecular weight excluding hydrogens is 734 g/mol. The van der Waals surface area contributed by atoms with Gasteiger partial charge in [0.2, 0.25) is 0 Å². The number of aromatic hydroxyl groups is 2. The van der Waals surface area contributed by atoms with Gasteiger partial charge in [-0.1, -0.05) is 45.9 Å². The first-order valence-electron chi connectivity index (χ1n) is 19.0. The van der Waals surface area contributed by atoms with Crippen LogP contribution >= 0.6 is 0 Å². The molecule has 2 aliphatic rings. The average Bonchev–Trinajstić information content (AvgIpc) is 3.67. The normalized spacial score (nSPS) is 30.8. The van der Waals surface area contributed by atoms with Crippen molar-refractivity contribution in [3.63, 3.8) is 0 Å². The van der Waals surface area contributed by atoms with Gasteiger partial charge in [0.25, 0.3) is 11.7 Å². The molecule has 0 fully saturated rings. The largest absolute Gasteiger partial charge is 0.507 e. The lowest BCUT2D eigenvalue weighted by Crippen LogP contribution is -2.46.